The van der Waals surface area contributed by atoms with Crippen molar-refractivity contribution in [1.29, 1.82) is 0 Å². The summed E-state index contributed by atoms with van der Waals surface area (Å²) in [5.74, 6) is 0.949. The molecule has 0 unspecified atom stereocenters. The molecule has 0 atom stereocenters. The number of anilines is 1. The number of furan rings is 1. The summed E-state index contributed by atoms with van der Waals surface area (Å²) in [7, 11) is 0. The van der Waals surface area contributed by atoms with E-state index in [1.165, 1.54) is 18.2 Å². The minimum absolute atomic E-state index is 0.288. The highest BCUT2D eigenvalue weighted by molar-refractivity contribution is 5.57. The third-order valence-electron chi connectivity index (χ3n) is 2.95. The highest BCUT2D eigenvalue weighted by atomic mass is 19.1. The molecule has 2 aromatic heterocycles. The maximum absolute atomic E-state index is 12.9. The molecule has 0 spiro atoms. The Bertz CT molecular complexity index is 738. The van der Waals surface area contributed by atoms with E-state index in [0.29, 0.717) is 23.9 Å². The van der Waals surface area contributed by atoms with E-state index >= 15 is 0 Å². The Kier molecular flexibility index (Phi) is 3.64. The number of aromatic nitrogens is 1. The van der Waals surface area contributed by atoms with E-state index in [2.05, 4.69) is 10.3 Å². The highest BCUT2D eigenvalue weighted by Crippen LogP contribution is 2.22. The van der Waals surface area contributed by atoms with Crippen molar-refractivity contribution >= 4 is 5.82 Å². The summed E-state index contributed by atoms with van der Waals surface area (Å²) in [6.07, 6.45) is 0. The van der Waals surface area contributed by atoms with Crippen LogP contribution in [0.1, 0.15) is 5.76 Å². The van der Waals surface area contributed by atoms with E-state index in [1.54, 1.807) is 24.3 Å². The quantitative estimate of drug-likeness (QED) is 0.729. The predicted octanol–water partition coefficient (Wildman–Crippen LogP) is 4.23. The molecule has 5 heteroatoms. The average Bonchev–Trinajstić information content (AvgIpc) is 2.95. The second kappa shape index (κ2) is 5.75. The zero-order valence-corrected chi connectivity index (χ0v) is 11.0. The standard InChI is InChI=1S/C16H12F2N2O/c17-12-6-4-11(5-7-12)14-9-8-13(21-14)10-19-16-3-1-2-15(18)20-16/h1-9H,10H2,(H,19,20). The monoisotopic (exact) mass is 286 g/mol. The van der Waals surface area contributed by atoms with Gasteiger partial charge in [0.15, 0.2) is 0 Å². The summed E-state index contributed by atoms with van der Waals surface area (Å²) in [5, 5.41) is 2.97. The molecule has 0 amide bonds. The zero-order valence-electron chi connectivity index (χ0n) is 11.0. The first-order valence-electron chi connectivity index (χ1n) is 6.42. The third kappa shape index (κ3) is 3.25. The molecule has 0 radical (unpaired) electrons. The molecule has 3 rings (SSSR count). The van der Waals surface area contributed by atoms with Crippen LogP contribution in [0.5, 0.6) is 0 Å². The largest absolute Gasteiger partial charge is 0.459 e. The molecule has 0 bridgehead atoms. The Morgan fingerprint density at radius 1 is 0.952 bits per heavy atom. The molecule has 2 heterocycles. The smallest absolute Gasteiger partial charge is 0.214 e. The average molecular weight is 286 g/mol. The van der Waals surface area contributed by atoms with Gasteiger partial charge in [-0.25, -0.2) is 9.37 Å². The second-order valence-electron chi connectivity index (χ2n) is 4.47. The number of pyridine rings is 1. The van der Waals surface area contributed by atoms with Crippen molar-refractivity contribution in [2.45, 2.75) is 6.54 Å². The lowest BCUT2D eigenvalue weighted by Crippen LogP contribution is -2.00. The van der Waals surface area contributed by atoms with Gasteiger partial charge in [0.2, 0.25) is 5.95 Å². The highest BCUT2D eigenvalue weighted by Gasteiger charge is 2.05. The summed E-state index contributed by atoms with van der Waals surface area (Å²) < 4.78 is 31.5. The lowest BCUT2D eigenvalue weighted by atomic mass is 10.2. The van der Waals surface area contributed by atoms with Crippen LogP contribution in [0, 0.1) is 11.8 Å². The number of hydrogen-bond acceptors (Lipinski definition) is 3. The second-order valence-corrected chi connectivity index (χ2v) is 4.47. The van der Waals surface area contributed by atoms with E-state index in [0.717, 1.165) is 5.56 Å². The van der Waals surface area contributed by atoms with E-state index in [-0.39, 0.29) is 5.82 Å². The SMILES string of the molecule is Fc1ccc(-c2ccc(CNc3cccc(F)n3)o2)cc1. The number of halogens is 2. The van der Waals surface area contributed by atoms with Crippen LogP contribution in [0.25, 0.3) is 11.3 Å². The lowest BCUT2D eigenvalue weighted by Gasteiger charge is -2.03. The van der Waals surface area contributed by atoms with E-state index in [1.807, 2.05) is 12.1 Å². The van der Waals surface area contributed by atoms with Crippen LogP contribution in [-0.4, -0.2) is 4.98 Å². The molecular weight excluding hydrogens is 274 g/mol. The molecule has 1 aromatic carbocycles. The van der Waals surface area contributed by atoms with Gasteiger partial charge in [0, 0.05) is 5.56 Å². The van der Waals surface area contributed by atoms with Gasteiger partial charge in [0.25, 0.3) is 0 Å². The van der Waals surface area contributed by atoms with E-state index in [9.17, 15) is 8.78 Å². The van der Waals surface area contributed by atoms with Crippen molar-refractivity contribution in [3.8, 4) is 11.3 Å². The molecule has 0 aliphatic heterocycles. The summed E-state index contributed by atoms with van der Waals surface area (Å²) in [6, 6.07) is 14.2. The van der Waals surface area contributed by atoms with Gasteiger partial charge in [-0.1, -0.05) is 6.07 Å². The third-order valence-corrected chi connectivity index (χ3v) is 2.95. The maximum Gasteiger partial charge on any atom is 0.214 e. The van der Waals surface area contributed by atoms with E-state index in [4.69, 9.17) is 4.42 Å². The molecule has 0 fully saturated rings. The normalized spacial score (nSPS) is 10.6. The molecule has 0 saturated heterocycles. The van der Waals surface area contributed by atoms with E-state index < -0.39 is 5.95 Å². The fourth-order valence-electron chi connectivity index (χ4n) is 1.93. The lowest BCUT2D eigenvalue weighted by molar-refractivity contribution is 0.530. The predicted molar refractivity (Wildman–Crippen MR) is 75.6 cm³/mol. The first-order chi connectivity index (χ1) is 10.2. The van der Waals surface area contributed by atoms with Crippen LogP contribution in [0.4, 0.5) is 14.6 Å². The summed E-state index contributed by atoms with van der Waals surface area (Å²) >= 11 is 0. The van der Waals surface area contributed by atoms with Gasteiger partial charge < -0.3 is 9.73 Å². The molecule has 0 saturated carbocycles. The number of rotatable bonds is 4. The van der Waals surface area contributed by atoms with Crippen LogP contribution >= 0.6 is 0 Å². The minimum Gasteiger partial charge on any atom is -0.459 e. The van der Waals surface area contributed by atoms with Crippen molar-refractivity contribution in [2.75, 3.05) is 5.32 Å². The van der Waals surface area contributed by atoms with Gasteiger partial charge in [-0.15, -0.1) is 0 Å². The van der Waals surface area contributed by atoms with Gasteiger partial charge in [-0.3, -0.25) is 0 Å². The topological polar surface area (TPSA) is 38.1 Å². The molecule has 0 aliphatic rings. The number of benzene rings is 1. The summed E-state index contributed by atoms with van der Waals surface area (Å²) in [4.78, 5) is 3.70. The Balaban J connectivity index is 1.69. The van der Waals surface area contributed by atoms with Crippen LogP contribution in [0.3, 0.4) is 0 Å². The molecule has 3 nitrogen and oxygen atoms in total. The van der Waals surface area contributed by atoms with Crippen molar-refractivity contribution in [3.63, 3.8) is 0 Å². The number of nitrogens with zero attached hydrogens (tertiary/aromatic N) is 1. The summed E-state index contributed by atoms with van der Waals surface area (Å²) in [6.45, 7) is 0.387. The van der Waals surface area contributed by atoms with Gasteiger partial charge in [-0.05, 0) is 48.5 Å². The van der Waals surface area contributed by atoms with Crippen molar-refractivity contribution < 1.29 is 13.2 Å². The molecule has 3 aromatic rings. The van der Waals surface area contributed by atoms with Crippen molar-refractivity contribution in [3.05, 3.63) is 72.1 Å². The Morgan fingerprint density at radius 2 is 1.76 bits per heavy atom. The van der Waals surface area contributed by atoms with Crippen LogP contribution in [0.2, 0.25) is 0 Å². The zero-order chi connectivity index (χ0) is 14.7. The van der Waals surface area contributed by atoms with Crippen LogP contribution in [0.15, 0.2) is 59.0 Å². The number of hydrogen-bond donors (Lipinski definition) is 1. The first kappa shape index (κ1) is 13.3. The summed E-state index contributed by atoms with van der Waals surface area (Å²) in [5.41, 5.74) is 0.798. The number of nitrogens with one attached hydrogen (secondary N) is 1. The maximum atomic E-state index is 12.9. The van der Waals surface area contributed by atoms with Gasteiger partial charge in [0.05, 0.1) is 6.54 Å². The molecular formula is C16H12F2N2O. The molecule has 0 aliphatic carbocycles. The van der Waals surface area contributed by atoms with Crippen LogP contribution < -0.4 is 5.32 Å². The van der Waals surface area contributed by atoms with Gasteiger partial charge in [0.1, 0.15) is 23.2 Å². The molecule has 1 N–H and O–H groups in total. The Hall–Kier alpha value is -2.69. The Labute approximate surface area is 120 Å². The molecule has 106 valence electrons. The Morgan fingerprint density at radius 3 is 2.52 bits per heavy atom. The van der Waals surface area contributed by atoms with Gasteiger partial charge >= 0.3 is 0 Å². The fraction of sp³-hybridized carbons (Fsp3) is 0.0625. The molecule has 21 heavy (non-hydrogen) atoms. The van der Waals surface area contributed by atoms with Crippen LogP contribution in [-0.2, 0) is 6.54 Å². The van der Waals surface area contributed by atoms with Crippen molar-refractivity contribution in [1.82, 2.24) is 4.98 Å². The van der Waals surface area contributed by atoms with Gasteiger partial charge in [-0.2, -0.15) is 4.39 Å². The minimum atomic E-state index is -0.536. The first-order valence-corrected chi connectivity index (χ1v) is 6.42. The van der Waals surface area contributed by atoms with Crippen molar-refractivity contribution in [2.24, 2.45) is 0 Å². The fourth-order valence-corrected chi connectivity index (χ4v) is 1.93.